The lowest BCUT2D eigenvalue weighted by Crippen LogP contribution is -2.15. The molecular formula is C19H16Cl2N4O. The topological polar surface area (TPSA) is 66.9 Å². The highest BCUT2D eigenvalue weighted by molar-refractivity contribution is 6.36. The molecule has 0 radical (unpaired) electrons. The van der Waals surface area contributed by atoms with Crippen LogP contribution < -0.4 is 10.6 Å². The monoisotopic (exact) mass is 386 g/mol. The van der Waals surface area contributed by atoms with Gasteiger partial charge in [-0.3, -0.25) is 4.79 Å². The number of hydrogen-bond acceptors (Lipinski definition) is 4. The van der Waals surface area contributed by atoms with E-state index in [9.17, 15) is 4.79 Å². The third-order valence-electron chi connectivity index (χ3n) is 3.71. The fourth-order valence-corrected chi connectivity index (χ4v) is 2.77. The van der Waals surface area contributed by atoms with E-state index in [2.05, 4.69) is 20.6 Å². The number of carbonyl (C=O) groups excluding carboxylic acids is 1. The molecule has 132 valence electrons. The van der Waals surface area contributed by atoms with Crippen LogP contribution in [-0.2, 0) is 0 Å². The molecule has 26 heavy (non-hydrogen) atoms. The molecule has 1 amide bonds. The molecule has 0 saturated heterocycles. The number of benzene rings is 2. The molecular weight excluding hydrogens is 371 g/mol. The van der Waals surface area contributed by atoms with Crippen molar-refractivity contribution in [2.75, 3.05) is 10.6 Å². The molecule has 1 heterocycles. The van der Waals surface area contributed by atoms with Gasteiger partial charge in [-0.05, 0) is 55.3 Å². The molecule has 5 nitrogen and oxygen atoms in total. The van der Waals surface area contributed by atoms with Crippen LogP contribution in [0.1, 0.15) is 21.6 Å². The normalized spacial score (nSPS) is 10.5. The Morgan fingerprint density at radius 3 is 2.58 bits per heavy atom. The Bertz CT molecular complexity index is 976. The van der Waals surface area contributed by atoms with E-state index >= 15 is 0 Å². The van der Waals surface area contributed by atoms with Crippen molar-refractivity contribution in [3.8, 4) is 0 Å². The lowest BCUT2D eigenvalue weighted by molar-refractivity contribution is 0.102. The summed E-state index contributed by atoms with van der Waals surface area (Å²) in [5.74, 6) is -0.0470. The minimum absolute atomic E-state index is 0.221. The SMILES string of the molecule is Cc1ccc(C)c(Nc2nccc(C(=O)Nc3ccc(Cl)cc3Cl)n2)c1. The fraction of sp³-hybridized carbons (Fsp3) is 0.105. The molecule has 0 fully saturated rings. The standard InChI is InChI=1S/C19H16Cl2N4O/c1-11-3-4-12(2)17(9-11)25-19-22-8-7-16(24-19)18(26)23-15-6-5-13(20)10-14(15)21/h3-10H,1-2H3,(H,23,26)(H,22,24,25). The Labute approximate surface area is 161 Å². The number of rotatable bonds is 4. The number of aromatic nitrogens is 2. The van der Waals surface area contributed by atoms with E-state index in [0.29, 0.717) is 21.7 Å². The van der Waals surface area contributed by atoms with Gasteiger partial charge in [-0.25, -0.2) is 9.97 Å². The predicted molar refractivity (Wildman–Crippen MR) is 106 cm³/mol. The molecule has 0 atom stereocenters. The number of nitrogens with zero attached hydrogens (tertiary/aromatic N) is 2. The van der Waals surface area contributed by atoms with Crippen molar-refractivity contribution >= 4 is 46.4 Å². The van der Waals surface area contributed by atoms with Gasteiger partial charge in [0.1, 0.15) is 5.69 Å². The van der Waals surface area contributed by atoms with Gasteiger partial charge in [-0.2, -0.15) is 0 Å². The van der Waals surface area contributed by atoms with Gasteiger partial charge in [0.25, 0.3) is 5.91 Å². The van der Waals surface area contributed by atoms with Crippen LogP contribution >= 0.6 is 23.2 Å². The summed E-state index contributed by atoms with van der Waals surface area (Å²) in [6.45, 7) is 3.99. The highest BCUT2D eigenvalue weighted by Gasteiger charge is 2.12. The first-order valence-electron chi connectivity index (χ1n) is 7.86. The minimum Gasteiger partial charge on any atom is -0.324 e. The van der Waals surface area contributed by atoms with Gasteiger partial charge in [-0.1, -0.05) is 35.3 Å². The summed E-state index contributed by atoms with van der Waals surface area (Å²) in [6.07, 6.45) is 1.53. The smallest absolute Gasteiger partial charge is 0.274 e. The number of carbonyl (C=O) groups is 1. The third kappa shape index (κ3) is 4.31. The lowest BCUT2D eigenvalue weighted by atomic mass is 10.1. The molecule has 0 aliphatic carbocycles. The van der Waals surface area contributed by atoms with Gasteiger partial charge in [0, 0.05) is 16.9 Å². The van der Waals surface area contributed by atoms with E-state index in [-0.39, 0.29) is 11.6 Å². The van der Waals surface area contributed by atoms with Crippen molar-refractivity contribution < 1.29 is 4.79 Å². The highest BCUT2D eigenvalue weighted by atomic mass is 35.5. The fourth-order valence-electron chi connectivity index (χ4n) is 2.31. The van der Waals surface area contributed by atoms with E-state index in [4.69, 9.17) is 23.2 Å². The number of aryl methyl sites for hydroxylation is 2. The minimum atomic E-state index is -0.388. The predicted octanol–water partition coefficient (Wildman–Crippen LogP) is 5.40. The Morgan fingerprint density at radius 1 is 1.00 bits per heavy atom. The quantitative estimate of drug-likeness (QED) is 0.629. The number of nitrogens with one attached hydrogen (secondary N) is 2. The molecule has 2 aromatic carbocycles. The molecule has 0 bridgehead atoms. The van der Waals surface area contributed by atoms with Crippen LogP contribution in [0.3, 0.4) is 0 Å². The Morgan fingerprint density at radius 2 is 1.81 bits per heavy atom. The van der Waals surface area contributed by atoms with Gasteiger partial charge in [0.05, 0.1) is 10.7 Å². The van der Waals surface area contributed by atoms with Crippen molar-refractivity contribution in [1.29, 1.82) is 0 Å². The number of amides is 1. The molecule has 0 spiro atoms. The lowest BCUT2D eigenvalue weighted by Gasteiger charge is -2.10. The number of anilines is 3. The summed E-state index contributed by atoms with van der Waals surface area (Å²) in [7, 11) is 0. The van der Waals surface area contributed by atoms with Crippen LogP contribution in [0.25, 0.3) is 0 Å². The molecule has 3 rings (SSSR count). The maximum absolute atomic E-state index is 12.5. The molecule has 0 unspecified atom stereocenters. The zero-order valence-corrected chi connectivity index (χ0v) is 15.7. The average molecular weight is 387 g/mol. The Kier molecular flexibility index (Phi) is 5.40. The molecule has 2 N–H and O–H groups in total. The van der Waals surface area contributed by atoms with E-state index in [0.717, 1.165) is 16.8 Å². The van der Waals surface area contributed by atoms with Gasteiger partial charge in [0.15, 0.2) is 0 Å². The summed E-state index contributed by atoms with van der Waals surface area (Å²) in [6, 6.07) is 12.4. The van der Waals surface area contributed by atoms with Gasteiger partial charge in [0.2, 0.25) is 5.95 Å². The zero-order valence-electron chi connectivity index (χ0n) is 14.2. The van der Waals surface area contributed by atoms with Crippen molar-refractivity contribution in [2.24, 2.45) is 0 Å². The van der Waals surface area contributed by atoms with Crippen molar-refractivity contribution in [3.63, 3.8) is 0 Å². The molecule has 0 saturated carbocycles. The van der Waals surface area contributed by atoms with Crippen molar-refractivity contribution in [1.82, 2.24) is 9.97 Å². The average Bonchev–Trinajstić information content (AvgIpc) is 2.61. The molecule has 0 aliphatic heterocycles. The summed E-state index contributed by atoms with van der Waals surface area (Å²) < 4.78 is 0. The first-order chi connectivity index (χ1) is 12.4. The van der Waals surface area contributed by atoms with Crippen LogP contribution in [0.5, 0.6) is 0 Å². The van der Waals surface area contributed by atoms with Crippen LogP contribution in [-0.4, -0.2) is 15.9 Å². The van der Waals surface area contributed by atoms with Crippen LogP contribution in [0, 0.1) is 13.8 Å². The van der Waals surface area contributed by atoms with Gasteiger partial charge < -0.3 is 10.6 Å². The van der Waals surface area contributed by atoms with Gasteiger partial charge >= 0.3 is 0 Å². The molecule has 1 aromatic heterocycles. The third-order valence-corrected chi connectivity index (χ3v) is 4.25. The van der Waals surface area contributed by atoms with Crippen LogP contribution in [0.15, 0.2) is 48.7 Å². The first-order valence-corrected chi connectivity index (χ1v) is 8.62. The second-order valence-electron chi connectivity index (χ2n) is 5.79. The maximum Gasteiger partial charge on any atom is 0.274 e. The summed E-state index contributed by atoms with van der Waals surface area (Å²) in [4.78, 5) is 20.9. The summed E-state index contributed by atoms with van der Waals surface area (Å²) >= 11 is 12.0. The summed E-state index contributed by atoms with van der Waals surface area (Å²) in [5.41, 5.74) is 3.75. The number of halogens is 2. The Balaban J connectivity index is 1.80. The Hall–Kier alpha value is -2.63. The molecule has 3 aromatic rings. The largest absolute Gasteiger partial charge is 0.324 e. The summed E-state index contributed by atoms with van der Waals surface area (Å²) in [5, 5.41) is 6.71. The van der Waals surface area contributed by atoms with Crippen molar-refractivity contribution in [3.05, 3.63) is 75.5 Å². The van der Waals surface area contributed by atoms with Gasteiger partial charge in [-0.15, -0.1) is 0 Å². The van der Waals surface area contributed by atoms with E-state index in [1.165, 1.54) is 12.3 Å². The van der Waals surface area contributed by atoms with E-state index in [1.54, 1.807) is 18.2 Å². The second-order valence-corrected chi connectivity index (χ2v) is 6.63. The number of hydrogen-bond donors (Lipinski definition) is 2. The van der Waals surface area contributed by atoms with Crippen LogP contribution in [0.2, 0.25) is 10.0 Å². The maximum atomic E-state index is 12.5. The van der Waals surface area contributed by atoms with E-state index in [1.807, 2.05) is 32.0 Å². The second kappa shape index (κ2) is 7.72. The van der Waals surface area contributed by atoms with Crippen LogP contribution in [0.4, 0.5) is 17.3 Å². The van der Waals surface area contributed by atoms with Crippen molar-refractivity contribution in [2.45, 2.75) is 13.8 Å². The first kappa shape index (κ1) is 18.2. The van der Waals surface area contributed by atoms with E-state index < -0.39 is 0 Å². The zero-order chi connectivity index (χ0) is 18.7. The highest BCUT2D eigenvalue weighted by Crippen LogP contribution is 2.26. The molecule has 7 heteroatoms. The molecule has 0 aliphatic rings.